The quantitative estimate of drug-likeness (QED) is 0.791. The first-order valence-electron chi connectivity index (χ1n) is 5.31. The van der Waals surface area contributed by atoms with Gasteiger partial charge in [-0.3, -0.25) is 0 Å². The van der Waals surface area contributed by atoms with Crippen LogP contribution in [-0.2, 0) is 0 Å². The zero-order chi connectivity index (χ0) is 12.1. The molecule has 0 saturated heterocycles. The average Bonchev–Trinajstić information content (AvgIpc) is 2.24. The maximum absolute atomic E-state index is 13.4. The average molecular weight is 225 g/mol. The SMILES string of the molecule is CCN(CC)C(=O)Oc1ccc(C)cc1F. The smallest absolute Gasteiger partial charge is 0.407 e. The number of hydrogen-bond acceptors (Lipinski definition) is 2. The first-order valence-corrected chi connectivity index (χ1v) is 5.31. The van der Waals surface area contributed by atoms with Crippen LogP contribution in [0, 0.1) is 12.7 Å². The second-order valence-electron chi connectivity index (χ2n) is 3.47. The van der Waals surface area contributed by atoms with Crippen molar-refractivity contribution in [2.75, 3.05) is 13.1 Å². The monoisotopic (exact) mass is 225 g/mol. The van der Waals surface area contributed by atoms with Crippen LogP contribution >= 0.6 is 0 Å². The van der Waals surface area contributed by atoms with E-state index in [-0.39, 0.29) is 5.75 Å². The normalized spacial score (nSPS) is 10.0. The van der Waals surface area contributed by atoms with Crippen LogP contribution in [0.1, 0.15) is 19.4 Å². The van der Waals surface area contributed by atoms with Crippen molar-refractivity contribution in [1.82, 2.24) is 4.90 Å². The molecule has 0 radical (unpaired) electrons. The molecule has 4 heteroatoms. The van der Waals surface area contributed by atoms with Crippen LogP contribution in [0.25, 0.3) is 0 Å². The second-order valence-corrected chi connectivity index (χ2v) is 3.47. The molecular weight excluding hydrogens is 209 g/mol. The van der Waals surface area contributed by atoms with Crippen LogP contribution in [0.3, 0.4) is 0 Å². The van der Waals surface area contributed by atoms with E-state index in [2.05, 4.69) is 0 Å². The van der Waals surface area contributed by atoms with Gasteiger partial charge in [0.25, 0.3) is 0 Å². The molecule has 16 heavy (non-hydrogen) atoms. The lowest BCUT2D eigenvalue weighted by atomic mass is 10.2. The third kappa shape index (κ3) is 2.95. The fourth-order valence-electron chi connectivity index (χ4n) is 1.33. The summed E-state index contributed by atoms with van der Waals surface area (Å²) in [7, 11) is 0. The number of carbonyl (C=O) groups is 1. The highest BCUT2D eigenvalue weighted by atomic mass is 19.1. The molecule has 0 aliphatic carbocycles. The highest BCUT2D eigenvalue weighted by Crippen LogP contribution is 2.18. The molecule has 0 spiro atoms. The molecule has 1 amide bonds. The van der Waals surface area contributed by atoms with Crippen molar-refractivity contribution >= 4 is 6.09 Å². The lowest BCUT2D eigenvalue weighted by molar-refractivity contribution is 0.155. The highest BCUT2D eigenvalue weighted by molar-refractivity contribution is 5.70. The van der Waals surface area contributed by atoms with Gasteiger partial charge in [0.2, 0.25) is 0 Å². The van der Waals surface area contributed by atoms with Crippen LogP contribution in [0.4, 0.5) is 9.18 Å². The third-order valence-electron chi connectivity index (χ3n) is 2.31. The van der Waals surface area contributed by atoms with Crippen LogP contribution in [0.15, 0.2) is 18.2 Å². The number of nitrogens with zero attached hydrogens (tertiary/aromatic N) is 1. The summed E-state index contributed by atoms with van der Waals surface area (Å²) in [6.45, 7) is 6.55. The summed E-state index contributed by atoms with van der Waals surface area (Å²) in [5.41, 5.74) is 0.792. The van der Waals surface area contributed by atoms with Gasteiger partial charge in [-0.15, -0.1) is 0 Å². The Morgan fingerprint density at radius 1 is 1.38 bits per heavy atom. The van der Waals surface area contributed by atoms with Gasteiger partial charge in [-0.2, -0.15) is 0 Å². The Bertz CT molecular complexity index is 375. The molecule has 1 rings (SSSR count). The predicted molar refractivity (Wildman–Crippen MR) is 60.1 cm³/mol. The summed E-state index contributed by atoms with van der Waals surface area (Å²) in [5, 5.41) is 0. The minimum absolute atomic E-state index is 0.0255. The molecule has 88 valence electrons. The first kappa shape index (κ1) is 12.5. The van der Waals surface area contributed by atoms with E-state index in [9.17, 15) is 9.18 Å². The number of carbonyl (C=O) groups excluding carboxylic acids is 1. The molecule has 0 atom stereocenters. The summed E-state index contributed by atoms with van der Waals surface area (Å²) < 4.78 is 18.3. The van der Waals surface area contributed by atoms with Crippen LogP contribution in [0.2, 0.25) is 0 Å². The van der Waals surface area contributed by atoms with Crippen molar-refractivity contribution in [2.24, 2.45) is 0 Å². The van der Waals surface area contributed by atoms with E-state index in [1.807, 2.05) is 13.8 Å². The van der Waals surface area contributed by atoms with Crippen LogP contribution in [-0.4, -0.2) is 24.1 Å². The number of ether oxygens (including phenoxy) is 1. The van der Waals surface area contributed by atoms with Crippen molar-refractivity contribution in [2.45, 2.75) is 20.8 Å². The van der Waals surface area contributed by atoms with E-state index < -0.39 is 11.9 Å². The van der Waals surface area contributed by atoms with Gasteiger partial charge < -0.3 is 9.64 Å². The topological polar surface area (TPSA) is 29.5 Å². The summed E-state index contributed by atoms with van der Waals surface area (Å²) in [4.78, 5) is 13.0. The molecule has 0 fully saturated rings. The molecule has 1 aromatic rings. The summed E-state index contributed by atoms with van der Waals surface area (Å²) in [6, 6.07) is 4.50. The van der Waals surface area contributed by atoms with Gasteiger partial charge in [-0.1, -0.05) is 6.07 Å². The second kappa shape index (κ2) is 5.49. The van der Waals surface area contributed by atoms with E-state index in [0.717, 1.165) is 5.56 Å². The molecule has 0 saturated carbocycles. The molecule has 3 nitrogen and oxygen atoms in total. The predicted octanol–water partition coefficient (Wildman–Crippen LogP) is 2.97. The van der Waals surface area contributed by atoms with Gasteiger partial charge in [0, 0.05) is 13.1 Å². The molecule has 0 bridgehead atoms. The largest absolute Gasteiger partial charge is 0.415 e. The number of benzene rings is 1. The Kier molecular flexibility index (Phi) is 4.28. The minimum atomic E-state index is -0.521. The number of amides is 1. The van der Waals surface area contributed by atoms with Crippen molar-refractivity contribution in [3.05, 3.63) is 29.6 Å². The molecule has 0 heterocycles. The van der Waals surface area contributed by atoms with E-state index in [1.165, 1.54) is 17.0 Å². The van der Waals surface area contributed by atoms with Gasteiger partial charge in [-0.05, 0) is 38.5 Å². The Hall–Kier alpha value is -1.58. The Morgan fingerprint density at radius 2 is 2.00 bits per heavy atom. The van der Waals surface area contributed by atoms with Crippen molar-refractivity contribution < 1.29 is 13.9 Å². The van der Waals surface area contributed by atoms with E-state index >= 15 is 0 Å². The Labute approximate surface area is 94.8 Å². The van der Waals surface area contributed by atoms with Crippen molar-refractivity contribution in [1.29, 1.82) is 0 Å². The molecule has 0 aromatic heterocycles. The first-order chi connectivity index (χ1) is 7.58. The molecular formula is C12H16FNO2. The molecule has 0 aliphatic heterocycles. The van der Waals surface area contributed by atoms with Crippen LogP contribution in [0.5, 0.6) is 5.75 Å². The third-order valence-corrected chi connectivity index (χ3v) is 2.31. The number of rotatable bonds is 3. The van der Waals surface area contributed by atoms with E-state index in [0.29, 0.717) is 13.1 Å². The highest BCUT2D eigenvalue weighted by Gasteiger charge is 2.14. The van der Waals surface area contributed by atoms with Gasteiger partial charge in [0.05, 0.1) is 0 Å². The van der Waals surface area contributed by atoms with E-state index in [1.54, 1.807) is 13.0 Å². The van der Waals surface area contributed by atoms with Gasteiger partial charge in [0.1, 0.15) is 0 Å². The number of hydrogen-bond donors (Lipinski definition) is 0. The Balaban J connectivity index is 2.76. The maximum atomic E-state index is 13.4. The standard InChI is InChI=1S/C12H16FNO2/c1-4-14(5-2)12(15)16-11-7-6-9(3)8-10(11)13/h6-8H,4-5H2,1-3H3. The van der Waals surface area contributed by atoms with Crippen LogP contribution < -0.4 is 4.74 Å². The van der Waals surface area contributed by atoms with E-state index in [4.69, 9.17) is 4.74 Å². The molecule has 1 aromatic carbocycles. The number of aryl methyl sites for hydroxylation is 1. The fourth-order valence-corrected chi connectivity index (χ4v) is 1.33. The van der Waals surface area contributed by atoms with Crippen molar-refractivity contribution in [3.63, 3.8) is 0 Å². The maximum Gasteiger partial charge on any atom is 0.415 e. The molecule has 0 unspecified atom stereocenters. The Morgan fingerprint density at radius 3 is 2.50 bits per heavy atom. The summed E-state index contributed by atoms with van der Waals surface area (Å²) in [5.74, 6) is -0.539. The van der Waals surface area contributed by atoms with Gasteiger partial charge in [-0.25, -0.2) is 9.18 Å². The van der Waals surface area contributed by atoms with Gasteiger partial charge in [0.15, 0.2) is 11.6 Å². The molecule has 0 aliphatic rings. The van der Waals surface area contributed by atoms with Gasteiger partial charge >= 0.3 is 6.09 Å². The fraction of sp³-hybridized carbons (Fsp3) is 0.417. The minimum Gasteiger partial charge on any atom is -0.407 e. The molecule has 0 N–H and O–H groups in total. The lowest BCUT2D eigenvalue weighted by Crippen LogP contribution is -2.33. The lowest BCUT2D eigenvalue weighted by Gasteiger charge is -2.18. The van der Waals surface area contributed by atoms with Crippen molar-refractivity contribution in [3.8, 4) is 5.75 Å². The zero-order valence-electron chi connectivity index (χ0n) is 9.79. The zero-order valence-corrected chi connectivity index (χ0v) is 9.79. The summed E-state index contributed by atoms with van der Waals surface area (Å²) >= 11 is 0. The number of halogens is 1. The summed E-state index contributed by atoms with van der Waals surface area (Å²) in [6.07, 6.45) is -0.521.